The Morgan fingerprint density at radius 2 is 1.96 bits per heavy atom. The van der Waals surface area contributed by atoms with Gasteiger partial charge in [-0.2, -0.15) is 0 Å². The summed E-state index contributed by atoms with van der Waals surface area (Å²) in [6.45, 7) is 7.36. The van der Waals surface area contributed by atoms with Crippen LogP contribution in [-0.2, 0) is 19.1 Å². The first-order valence-electron chi connectivity index (χ1n) is 8.06. The molecule has 0 bridgehead atoms. The van der Waals surface area contributed by atoms with Gasteiger partial charge in [0.05, 0.1) is 20.1 Å². The summed E-state index contributed by atoms with van der Waals surface area (Å²) in [5.74, 6) is -0.968. The van der Waals surface area contributed by atoms with Crippen LogP contribution in [-0.4, -0.2) is 36.1 Å². The maximum Gasteiger partial charge on any atom is 0.333 e. The van der Waals surface area contributed by atoms with E-state index in [0.29, 0.717) is 19.3 Å². The van der Waals surface area contributed by atoms with Crippen LogP contribution in [0.15, 0.2) is 24.3 Å². The minimum atomic E-state index is -1.42. The van der Waals surface area contributed by atoms with E-state index in [9.17, 15) is 19.7 Å². The Morgan fingerprint density at radius 3 is 2.46 bits per heavy atom. The number of carbonyl (C=O) groups is 2. The van der Waals surface area contributed by atoms with Crippen molar-refractivity contribution in [3.05, 3.63) is 34.4 Å². The number of hydrogen-bond acceptors (Lipinski definition) is 6. The maximum absolute atomic E-state index is 11.7. The van der Waals surface area contributed by atoms with Crippen LogP contribution in [0.1, 0.15) is 52.4 Å². The highest BCUT2D eigenvalue weighted by atomic mass is 16.6. The van der Waals surface area contributed by atoms with Crippen LogP contribution in [0.3, 0.4) is 0 Å². The lowest BCUT2D eigenvalue weighted by atomic mass is 9.85. The van der Waals surface area contributed by atoms with Crippen LogP contribution < -0.4 is 0 Å². The second-order valence-electron chi connectivity index (χ2n) is 5.46. The SMILES string of the molecule is C=C(CC(/C=C/CC)(CCCCC(=O)OC)[N+](=O)[O-])C(=O)OCC. The van der Waals surface area contributed by atoms with Crippen LogP contribution in [0.25, 0.3) is 0 Å². The fraction of sp³-hybridized carbons (Fsp3) is 0.647. The summed E-state index contributed by atoms with van der Waals surface area (Å²) in [6.07, 6.45) is 5.11. The molecule has 0 aromatic rings. The van der Waals surface area contributed by atoms with E-state index in [2.05, 4.69) is 11.3 Å². The molecule has 24 heavy (non-hydrogen) atoms. The minimum Gasteiger partial charge on any atom is -0.469 e. The van der Waals surface area contributed by atoms with E-state index >= 15 is 0 Å². The molecular weight excluding hydrogens is 314 g/mol. The lowest BCUT2D eigenvalue weighted by molar-refractivity contribution is -0.556. The molecule has 0 N–H and O–H groups in total. The van der Waals surface area contributed by atoms with Gasteiger partial charge >= 0.3 is 11.9 Å². The number of methoxy groups -OCH3 is 1. The molecule has 0 aromatic heterocycles. The Bertz CT molecular complexity index is 485. The van der Waals surface area contributed by atoms with Gasteiger partial charge in [0.2, 0.25) is 5.54 Å². The number of esters is 2. The predicted octanol–water partition coefficient (Wildman–Crippen LogP) is 3.21. The summed E-state index contributed by atoms with van der Waals surface area (Å²) >= 11 is 0. The Kier molecular flexibility index (Phi) is 10.3. The van der Waals surface area contributed by atoms with E-state index in [1.165, 1.54) is 13.2 Å². The third-order valence-electron chi connectivity index (χ3n) is 3.58. The van der Waals surface area contributed by atoms with Gasteiger partial charge in [-0.15, -0.1) is 0 Å². The average molecular weight is 341 g/mol. The van der Waals surface area contributed by atoms with Crippen molar-refractivity contribution in [3.63, 3.8) is 0 Å². The van der Waals surface area contributed by atoms with E-state index in [0.717, 1.165) is 0 Å². The largest absolute Gasteiger partial charge is 0.469 e. The predicted molar refractivity (Wildman–Crippen MR) is 90.0 cm³/mol. The number of hydrogen-bond donors (Lipinski definition) is 0. The summed E-state index contributed by atoms with van der Waals surface area (Å²) in [5.41, 5.74) is -1.35. The van der Waals surface area contributed by atoms with Gasteiger partial charge in [-0.25, -0.2) is 4.79 Å². The van der Waals surface area contributed by atoms with Gasteiger partial charge in [0.15, 0.2) is 0 Å². The van der Waals surface area contributed by atoms with Crippen molar-refractivity contribution in [3.8, 4) is 0 Å². The number of ether oxygens (including phenoxy) is 2. The number of carbonyl (C=O) groups excluding carboxylic acids is 2. The standard InChI is InChI=1S/C17H27NO6/c1-5-7-11-17(18(21)22,12-9-8-10-15(19)23-4)13-14(3)16(20)24-6-2/h7,11H,3,5-6,8-10,12-13H2,1-2,4H3/b11-7+. The van der Waals surface area contributed by atoms with Gasteiger partial charge in [-0.3, -0.25) is 14.9 Å². The topological polar surface area (TPSA) is 95.7 Å². The molecule has 0 radical (unpaired) electrons. The number of nitro groups is 1. The molecule has 0 aliphatic carbocycles. The highest BCUT2D eigenvalue weighted by molar-refractivity contribution is 5.87. The Morgan fingerprint density at radius 1 is 1.29 bits per heavy atom. The summed E-state index contributed by atoms with van der Waals surface area (Å²) in [5, 5.41) is 11.7. The lowest BCUT2D eigenvalue weighted by Crippen LogP contribution is -2.37. The number of rotatable bonds is 12. The first-order chi connectivity index (χ1) is 11.3. The number of allylic oxidation sites excluding steroid dienone is 1. The smallest absolute Gasteiger partial charge is 0.333 e. The highest BCUT2D eigenvalue weighted by Gasteiger charge is 2.41. The van der Waals surface area contributed by atoms with Gasteiger partial charge in [-0.1, -0.05) is 19.6 Å². The molecule has 0 aliphatic heterocycles. The molecule has 0 spiro atoms. The van der Waals surface area contributed by atoms with Crippen molar-refractivity contribution in [2.75, 3.05) is 13.7 Å². The molecule has 0 rings (SSSR count). The molecule has 7 heteroatoms. The van der Waals surface area contributed by atoms with E-state index in [1.54, 1.807) is 13.0 Å². The van der Waals surface area contributed by atoms with Crippen LogP contribution in [0.2, 0.25) is 0 Å². The normalized spacial score (nSPS) is 13.3. The second kappa shape index (κ2) is 11.4. The average Bonchev–Trinajstić information content (AvgIpc) is 2.55. The quantitative estimate of drug-likeness (QED) is 0.135. The number of nitrogens with zero attached hydrogens (tertiary/aromatic N) is 1. The van der Waals surface area contributed by atoms with Crippen molar-refractivity contribution >= 4 is 11.9 Å². The number of unbranched alkanes of at least 4 members (excludes halogenated alkanes) is 1. The first-order valence-corrected chi connectivity index (χ1v) is 8.06. The van der Waals surface area contributed by atoms with Crippen LogP contribution >= 0.6 is 0 Å². The third-order valence-corrected chi connectivity index (χ3v) is 3.58. The van der Waals surface area contributed by atoms with Crippen molar-refractivity contribution in [2.24, 2.45) is 0 Å². The van der Waals surface area contributed by atoms with Gasteiger partial charge < -0.3 is 9.47 Å². The molecule has 0 saturated heterocycles. The van der Waals surface area contributed by atoms with Crippen molar-refractivity contribution < 1.29 is 24.0 Å². The van der Waals surface area contributed by atoms with E-state index in [4.69, 9.17) is 4.74 Å². The molecule has 1 atom stereocenters. The molecule has 0 aromatic carbocycles. The molecule has 0 heterocycles. The molecular formula is C17H27NO6. The van der Waals surface area contributed by atoms with E-state index in [-0.39, 0.29) is 42.3 Å². The monoisotopic (exact) mass is 341 g/mol. The van der Waals surface area contributed by atoms with Gasteiger partial charge in [-0.05, 0) is 32.3 Å². The van der Waals surface area contributed by atoms with Gasteiger partial charge in [0.1, 0.15) is 0 Å². The summed E-state index contributed by atoms with van der Waals surface area (Å²) in [7, 11) is 1.30. The molecule has 136 valence electrons. The van der Waals surface area contributed by atoms with Crippen LogP contribution in [0, 0.1) is 10.1 Å². The molecule has 0 amide bonds. The van der Waals surface area contributed by atoms with Gasteiger partial charge in [0, 0.05) is 23.3 Å². The Balaban J connectivity index is 5.09. The zero-order chi connectivity index (χ0) is 18.6. The molecule has 1 unspecified atom stereocenters. The molecule has 0 fully saturated rings. The highest BCUT2D eigenvalue weighted by Crippen LogP contribution is 2.29. The maximum atomic E-state index is 11.7. The Labute approximate surface area is 142 Å². The van der Waals surface area contributed by atoms with Crippen molar-refractivity contribution in [1.82, 2.24) is 0 Å². The van der Waals surface area contributed by atoms with Gasteiger partial charge in [0.25, 0.3) is 0 Å². The molecule has 7 nitrogen and oxygen atoms in total. The summed E-state index contributed by atoms with van der Waals surface area (Å²) < 4.78 is 9.41. The van der Waals surface area contributed by atoms with E-state index in [1.807, 2.05) is 6.92 Å². The van der Waals surface area contributed by atoms with Crippen molar-refractivity contribution in [2.45, 2.75) is 57.9 Å². The lowest BCUT2D eigenvalue weighted by Gasteiger charge is -2.22. The zero-order valence-corrected chi connectivity index (χ0v) is 14.7. The van der Waals surface area contributed by atoms with Crippen molar-refractivity contribution in [1.29, 1.82) is 0 Å². The van der Waals surface area contributed by atoms with Crippen LogP contribution in [0.4, 0.5) is 0 Å². The van der Waals surface area contributed by atoms with E-state index < -0.39 is 11.5 Å². The fourth-order valence-corrected chi connectivity index (χ4v) is 2.26. The third kappa shape index (κ3) is 7.39. The second-order valence-corrected chi connectivity index (χ2v) is 5.46. The van der Waals surface area contributed by atoms with Crippen LogP contribution in [0.5, 0.6) is 0 Å². The molecule has 0 saturated carbocycles. The first kappa shape index (κ1) is 21.8. The summed E-state index contributed by atoms with van der Waals surface area (Å²) in [4.78, 5) is 34.2. The Hall–Kier alpha value is -2.18. The zero-order valence-electron chi connectivity index (χ0n) is 14.7. The fourth-order valence-electron chi connectivity index (χ4n) is 2.26. The summed E-state index contributed by atoms with van der Waals surface area (Å²) in [6, 6.07) is 0. The minimum absolute atomic E-state index is 0.0715. The molecule has 0 aliphatic rings.